The van der Waals surface area contributed by atoms with Crippen LogP contribution in [0.2, 0.25) is 0 Å². The summed E-state index contributed by atoms with van der Waals surface area (Å²) in [6, 6.07) is 11.0. The van der Waals surface area contributed by atoms with E-state index >= 15 is 0 Å². The van der Waals surface area contributed by atoms with Crippen LogP contribution in [-0.2, 0) is 4.79 Å². The summed E-state index contributed by atoms with van der Waals surface area (Å²) >= 11 is 0. The van der Waals surface area contributed by atoms with Crippen LogP contribution in [0, 0.1) is 0 Å². The lowest BCUT2D eigenvalue weighted by atomic mass is 10.1. The van der Waals surface area contributed by atoms with Gasteiger partial charge in [-0.25, -0.2) is 9.97 Å². The van der Waals surface area contributed by atoms with Crippen LogP contribution in [0.1, 0.15) is 34.7 Å². The molecule has 0 saturated carbocycles. The molecule has 0 radical (unpaired) electrons. The largest absolute Gasteiger partial charge is 0.368 e. The Morgan fingerprint density at radius 1 is 0.906 bits per heavy atom. The van der Waals surface area contributed by atoms with E-state index in [9.17, 15) is 14.4 Å². The minimum atomic E-state index is -0.164. The number of hydrogen-bond acceptors (Lipinski definition) is 6. The number of aromatic nitrogens is 3. The molecule has 0 spiro atoms. The summed E-state index contributed by atoms with van der Waals surface area (Å²) in [5.74, 6) is 0.364. The highest BCUT2D eigenvalue weighted by molar-refractivity contribution is 5.94. The lowest BCUT2D eigenvalue weighted by Crippen LogP contribution is -2.48. The molecule has 3 aromatic rings. The third-order valence-electron chi connectivity index (χ3n) is 5.34. The van der Waals surface area contributed by atoms with Gasteiger partial charge in [0.2, 0.25) is 5.91 Å². The topological polar surface area (TPSA) is 100 Å². The third-order valence-corrected chi connectivity index (χ3v) is 5.34. The Hall–Kier alpha value is -4.01. The van der Waals surface area contributed by atoms with Gasteiger partial charge in [-0.1, -0.05) is 0 Å². The van der Waals surface area contributed by atoms with E-state index in [1.807, 2.05) is 24.3 Å². The van der Waals surface area contributed by atoms with Gasteiger partial charge in [0, 0.05) is 50.6 Å². The number of nitrogens with one attached hydrogen (secondary N) is 1. The van der Waals surface area contributed by atoms with E-state index in [-0.39, 0.29) is 17.6 Å². The quantitative estimate of drug-likeness (QED) is 0.622. The van der Waals surface area contributed by atoms with Crippen LogP contribution in [0.4, 0.5) is 11.4 Å². The van der Waals surface area contributed by atoms with E-state index in [2.05, 4.69) is 20.2 Å². The lowest BCUT2D eigenvalue weighted by molar-refractivity contribution is -0.114. The van der Waals surface area contributed by atoms with Gasteiger partial charge in [0.25, 0.3) is 5.91 Å². The normalized spacial score (nSPS) is 13.7. The molecule has 1 N–H and O–H groups in total. The standard InChI is InChI=1S/C23H24N6O3/c1-16(30)18-3-6-20(7-4-18)27-9-11-28(12-10-27)23(32)21-14-29(15-25-21)22-8-5-19(13-24-22)26-17(2)31/h3-8,13-15H,9-12H2,1-2H3,(H,26,31). The number of imidazole rings is 1. The van der Waals surface area contributed by atoms with Crippen molar-refractivity contribution < 1.29 is 14.4 Å². The van der Waals surface area contributed by atoms with E-state index in [1.165, 1.54) is 6.92 Å². The number of hydrogen-bond donors (Lipinski definition) is 1. The average molecular weight is 432 g/mol. The highest BCUT2D eigenvalue weighted by atomic mass is 16.2. The average Bonchev–Trinajstić information content (AvgIpc) is 3.29. The highest BCUT2D eigenvalue weighted by Gasteiger charge is 2.24. The first-order chi connectivity index (χ1) is 15.4. The maximum atomic E-state index is 12.9. The molecular weight excluding hydrogens is 408 g/mol. The first-order valence-electron chi connectivity index (χ1n) is 10.3. The molecule has 0 unspecified atom stereocenters. The Labute approximate surface area is 185 Å². The van der Waals surface area contributed by atoms with Gasteiger partial charge in [0.15, 0.2) is 5.78 Å². The molecule has 32 heavy (non-hydrogen) atoms. The molecule has 1 fully saturated rings. The zero-order valence-electron chi connectivity index (χ0n) is 18.0. The summed E-state index contributed by atoms with van der Waals surface area (Å²) in [6.07, 6.45) is 4.77. The Balaban J connectivity index is 1.37. The second kappa shape index (κ2) is 9.01. The number of nitrogens with zero attached hydrogens (tertiary/aromatic N) is 5. The first-order valence-corrected chi connectivity index (χ1v) is 10.3. The molecule has 9 nitrogen and oxygen atoms in total. The molecule has 3 heterocycles. The van der Waals surface area contributed by atoms with Crippen LogP contribution in [0.25, 0.3) is 5.82 Å². The number of benzene rings is 1. The van der Waals surface area contributed by atoms with E-state index < -0.39 is 0 Å². The van der Waals surface area contributed by atoms with Crippen molar-refractivity contribution in [3.8, 4) is 5.82 Å². The smallest absolute Gasteiger partial charge is 0.274 e. The number of carbonyl (C=O) groups excluding carboxylic acids is 3. The summed E-state index contributed by atoms with van der Waals surface area (Å²) in [6.45, 7) is 5.58. The fourth-order valence-electron chi connectivity index (χ4n) is 3.61. The highest BCUT2D eigenvalue weighted by Crippen LogP contribution is 2.19. The molecule has 0 bridgehead atoms. The van der Waals surface area contributed by atoms with E-state index in [4.69, 9.17) is 0 Å². The van der Waals surface area contributed by atoms with Crippen molar-refractivity contribution in [2.75, 3.05) is 36.4 Å². The third kappa shape index (κ3) is 4.66. The molecular formula is C23H24N6O3. The number of carbonyl (C=O) groups is 3. The van der Waals surface area contributed by atoms with Crippen molar-refractivity contribution in [2.24, 2.45) is 0 Å². The SMILES string of the molecule is CC(=O)Nc1ccc(-n2cnc(C(=O)N3CCN(c4ccc(C(C)=O)cc4)CC3)c2)nc1. The van der Waals surface area contributed by atoms with Gasteiger partial charge in [0.05, 0.1) is 11.9 Å². The number of rotatable bonds is 5. The van der Waals surface area contributed by atoms with Gasteiger partial charge in [-0.15, -0.1) is 0 Å². The first kappa shape index (κ1) is 21.2. The summed E-state index contributed by atoms with van der Waals surface area (Å²) in [5.41, 5.74) is 2.70. The Morgan fingerprint density at radius 2 is 1.62 bits per heavy atom. The minimum Gasteiger partial charge on any atom is -0.368 e. The summed E-state index contributed by atoms with van der Waals surface area (Å²) in [4.78, 5) is 48.0. The van der Waals surface area contributed by atoms with E-state index in [1.54, 1.807) is 47.2 Å². The van der Waals surface area contributed by atoms with Crippen molar-refractivity contribution in [1.82, 2.24) is 19.4 Å². The molecule has 1 saturated heterocycles. The van der Waals surface area contributed by atoms with Crippen molar-refractivity contribution in [3.63, 3.8) is 0 Å². The van der Waals surface area contributed by atoms with Crippen LogP contribution >= 0.6 is 0 Å². The maximum absolute atomic E-state index is 12.9. The second-order valence-electron chi connectivity index (χ2n) is 7.63. The zero-order chi connectivity index (χ0) is 22.7. The molecule has 0 aliphatic carbocycles. The molecule has 1 aliphatic rings. The number of pyridine rings is 1. The lowest BCUT2D eigenvalue weighted by Gasteiger charge is -2.35. The number of Topliss-reactive ketones (excluding diaryl/α,β-unsaturated/α-hetero) is 1. The molecule has 2 amide bonds. The van der Waals surface area contributed by atoms with Crippen molar-refractivity contribution in [3.05, 3.63) is 66.4 Å². The molecule has 1 aliphatic heterocycles. The van der Waals surface area contributed by atoms with E-state index in [0.717, 1.165) is 5.69 Å². The van der Waals surface area contributed by atoms with Crippen LogP contribution in [0.15, 0.2) is 55.1 Å². The van der Waals surface area contributed by atoms with Crippen LogP contribution in [0.5, 0.6) is 0 Å². The second-order valence-corrected chi connectivity index (χ2v) is 7.63. The molecule has 0 atom stereocenters. The fourth-order valence-corrected chi connectivity index (χ4v) is 3.61. The number of anilines is 2. The number of piperazine rings is 1. The predicted molar refractivity (Wildman–Crippen MR) is 120 cm³/mol. The van der Waals surface area contributed by atoms with Crippen molar-refractivity contribution in [1.29, 1.82) is 0 Å². The molecule has 2 aromatic heterocycles. The van der Waals surface area contributed by atoms with Gasteiger partial charge in [0.1, 0.15) is 17.8 Å². The summed E-state index contributed by atoms with van der Waals surface area (Å²) in [5, 5.41) is 2.67. The van der Waals surface area contributed by atoms with Crippen LogP contribution in [-0.4, -0.2) is 63.2 Å². The Kier molecular flexibility index (Phi) is 5.98. The van der Waals surface area contributed by atoms with Gasteiger partial charge in [-0.2, -0.15) is 0 Å². The van der Waals surface area contributed by atoms with Crippen LogP contribution < -0.4 is 10.2 Å². The van der Waals surface area contributed by atoms with E-state index in [0.29, 0.717) is 48.9 Å². The molecule has 4 rings (SSSR count). The number of ketones is 1. The Bertz CT molecular complexity index is 1130. The van der Waals surface area contributed by atoms with Crippen molar-refractivity contribution >= 4 is 29.0 Å². The van der Waals surface area contributed by atoms with Crippen molar-refractivity contribution in [2.45, 2.75) is 13.8 Å². The molecule has 164 valence electrons. The summed E-state index contributed by atoms with van der Waals surface area (Å²) < 4.78 is 1.68. The number of amides is 2. The monoisotopic (exact) mass is 432 g/mol. The van der Waals surface area contributed by atoms with Gasteiger partial charge < -0.3 is 15.1 Å². The zero-order valence-corrected chi connectivity index (χ0v) is 18.0. The molecule has 9 heteroatoms. The fraction of sp³-hybridized carbons (Fsp3) is 0.261. The minimum absolute atomic E-state index is 0.0465. The summed E-state index contributed by atoms with van der Waals surface area (Å²) in [7, 11) is 0. The van der Waals surface area contributed by atoms with Gasteiger partial charge >= 0.3 is 0 Å². The van der Waals surface area contributed by atoms with Gasteiger partial charge in [-0.05, 0) is 43.3 Å². The molecule has 1 aromatic carbocycles. The van der Waals surface area contributed by atoms with Crippen LogP contribution in [0.3, 0.4) is 0 Å². The predicted octanol–water partition coefficient (Wildman–Crippen LogP) is 2.39. The van der Waals surface area contributed by atoms with Gasteiger partial charge in [-0.3, -0.25) is 19.0 Å². The Morgan fingerprint density at radius 3 is 2.22 bits per heavy atom. The maximum Gasteiger partial charge on any atom is 0.274 e.